The number of benzene rings is 2. The zero-order chi connectivity index (χ0) is 18.2. The Morgan fingerprint density at radius 2 is 1.68 bits per heavy atom. The second-order valence-corrected chi connectivity index (χ2v) is 5.54. The first kappa shape index (κ1) is 18.6. The second-order valence-electron chi connectivity index (χ2n) is 5.54. The number of carbonyl (C=O) groups excluding carboxylic acids is 2. The van der Waals surface area contributed by atoms with Gasteiger partial charge in [0.15, 0.2) is 0 Å². The van der Waals surface area contributed by atoms with Crippen LogP contribution in [0.4, 0.5) is 8.78 Å². The van der Waals surface area contributed by atoms with Gasteiger partial charge in [0.05, 0.1) is 13.5 Å². The highest BCUT2D eigenvalue weighted by Crippen LogP contribution is 2.13. The molecule has 1 atom stereocenters. The predicted octanol–water partition coefficient (Wildman–Crippen LogP) is 2.80. The number of hydrogen-bond acceptors (Lipinski definition) is 3. The molecule has 0 saturated heterocycles. The van der Waals surface area contributed by atoms with Crippen molar-refractivity contribution in [2.45, 2.75) is 25.3 Å². The third-order valence-electron chi connectivity index (χ3n) is 3.78. The van der Waals surface area contributed by atoms with Crippen molar-refractivity contribution in [3.8, 4) is 0 Å². The van der Waals surface area contributed by atoms with Gasteiger partial charge in [-0.25, -0.2) is 13.6 Å². The van der Waals surface area contributed by atoms with Gasteiger partial charge in [0.25, 0.3) is 0 Å². The van der Waals surface area contributed by atoms with Crippen LogP contribution in [-0.2, 0) is 27.2 Å². The first-order valence-corrected chi connectivity index (χ1v) is 7.85. The average Bonchev–Trinajstić information content (AvgIpc) is 2.62. The van der Waals surface area contributed by atoms with Crippen LogP contribution < -0.4 is 5.32 Å². The topological polar surface area (TPSA) is 55.4 Å². The van der Waals surface area contributed by atoms with Crippen LogP contribution in [0.1, 0.15) is 17.5 Å². The molecule has 0 bridgehead atoms. The van der Waals surface area contributed by atoms with Crippen LogP contribution in [0.2, 0.25) is 0 Å². The molecule has 0 aliphatic heterocycles. The summed E-state index contributed by atoms with van der Waals surface area (Å²) < 4.78 is 32.0. The van der Waals surface area contributed by atoms with Crippen molar-refractivity contribution in [1.82, 2.24) is 5.32 Å². The van der Waals surface area contributed by atoms with Crippen molar-refractivity contribution in [1.29, 1.82) is 0 Å². The van der Waals surface area contributed by atoms with Gasteiger partial charge in [0, 0.05) is 5.56 Å². The first-order valence-electron chi connectivity index (χ1n) is 7.85. The van der Waals surface area contributed by atoms with Crippen LogP contribution in [0, 0.1) is 11.6 Å². The summed E-state index contributed by atoms with van der Waals surface area (Å²) in [6, 6.07) is 12.0. The highest BCUT2D eigenvalue weighted by atomic mass is 19.1. The lowest BCUT2D eigenvalue weighted by molar-refractivity contribution is -0.145. The van der Waals surface area contributed by atoms with Crippen LogP contribution in [0.5, 0.6) is 0 Å². The van der Waals surface area contributed by atoms with Gasteiger partial charge < -0.3 is 10.1 Å². The van der Waals surface area contributed by atoms with Crippen molar-refractivity contribution >= 4 is 11.9 Å². The van der Waals surface area contributed by atoms with Gasteiger partial charge >= 0.3 is 5.97 Å². The Balaban J connectivity index is 2.01. The van der Waals surface area contributed by atoms with E-state index in [1.165, 1.54) is 13.2 Å². The van der Waals surface area contributed by atoms with Gasteiger partial charge in [-0.15, -0.1) is 0 Å². The van der Waals surface area contributed by atoms with Gasteiger partial charge in [-0.05, 0) is 30.5 Å². The number of esters is 1. The molecule has 0 aromatic heterocycles. The minimum absolute atomic E-state index is 0.322. The fourth-order valence-electron chi connectivity index (χ4n) is 2.45. The van der Waals surface area contributed by atoms with Crippen LogP contribution in [0.3, 0.4) is 0 Å². The molecule has 2 rings (SSSR count). The zero-order valence-corrected chi connectivity index (χ0v) is 13.8. The van der Waals surface area contributed by atoms with Crippen LogP contribution in [0.25, 0.3) is 0 Å². The molecule has 0 heterocycles. The molecule has 2 aromatic carbocycles. The lowest BCUT2D eigenvalue weighted by Gasteiger charge is -2.17. The summed E-state index contributed by atoms with van der Waals surface area (Å²) in [6.45, 7) is 0. The highest BCUT2D eigenvalue weighted by Gasteiger charge is 2.22. The summed E-state index contributed by atoms with van der Waals surface area (Å²) in [5.41, 5.74) is 0.678. The maximum atomic E-state index is 13.6. The Kier molecular flexibility index (Phi) is 6.62. The van der Waals surface area contributed by atoms with Crippen molar-refractivity contribution in [3.63, 3.8) is 0 Å². The lowest BCUT2D eigenvalue weighted by atomic mass is 10.0. The van der Waals surface area contributed by atoms with E-state index >= 15 is 0 Å². The highest BCUT2D eigenvalue weighted by molar-refractivity contribution is 5.85. The normalized spacial score (nSPS) is 11.6. The number of halogens is 2. The predicted molar refractivity (Wildman–Crippen MR) is 88.8 cm³/mol. The third-order valence-corrected chi connectivity index (χ3v) is 3.78. The standard InChI is InChI=1S/C19H19F2NO3/c1-25-19(24)17(11-10-13-6-3-2-4-7-13)22-18(23)12-14-15(20)8-5-9-16(14)21/h2-9,17H,10-12H2,1H3,(H,22,23)/t17-/m1/s1. The molecular weight excluding hydrogens is 328 g/mol. The smallest absolute Gasteiger partial charge is 0.328 e. The first-order chi connectivity index (χ1) is 12.0. The summed E-state index contributed by atoms with van der Waals surface area (Å²) in [4.78, 5) is 24.0. The maximum Gasteiger partial charge on any atom is 0.328 e. The largest absolute Gasteiger partial charge is 0.467 e. The number of hydrogen-bond donors (Lipinski definition) is 1. The number of aryl methyl sites for hydroxylation is 1. The molecule has 0 fully saturated rings. The molecule has 1 amide bonds. The summed E-state index contributed by atoms with van der Waals surface area (Å²) >= 11 is 0. The molecule has 6 heteroatoms. The van der Waals surface area contributed by atoms with Gasteiger partial charge in [0.2, 0.25) is 5.91 Å². The SMILES string of the molecule is COC(=O)[C@@H](CCc1ccccc1)NC(=O)Cc1c(F)cccc1F. The lowest BCUT2D eigenvalue weighted by Crippen LogP contribution is -2.42. The van der Waals surface area contributed by atoms with Crippen molar-refractivity contribution in [2.75, 3.05) is 7.11 Å². The fourth-order valence-corrected chi connectivity index (χ4v) is 2.45. The Morgan fingerprint density at radius 3 is 2.28 bits per heavy atom. The van der Waals surface area contributed by atoms with Gasteiger partial charge in [0.1, 0.15) is 17.7 Å². The quantitative estimate of drug-likeness (QED) is 0.784. The molecule has 0 aliphatic rings. The Morgan fingerprint density at radius 1 is 1.04 bits per heavy atom. The van der Waals surface area contributed by atoms with E-state index in [2.05, 4.69) is 5.32 Å². The Labute approximate surface area is 144 Å². The van der Waals surface area contributed by atoms with E-state index < -0.39 is 36.0 Å². The molecule has 0 unspecified atom stereocenters. The van der Waals surface area contributed by atoms with Gasteiger partial charge in [-0.2, -0.15) is 0 Å². The number of ether oxygens (including phenoxy) is 1. The van der Waals surface area contributed by atoms with E-state index in [0.29, 0.717) is 12.8 Å². The van der Waals surface area contributed by atoms with Crippen LogP contribution >= 0.6 is 0 Å². The molecule has 0 saturated carbocycles. The van der Waals surface area contributed by atoms with E-state index in [1.54, 1.807) is 0 Å². The Bertz CT molecular complexity index is 714. The van der Waals surface area contributed by atoms with E-state index in [4.69, 9.17) is 4.74 Å². The fraction of sp³-hybridized carbons (Fsp3) is 0.263. The van der Waals surface area contributed by atoms with Crippen molar-refractivity contribution < 1.29 is 23.1 Å². The number of methoxy groups -OCH3 is 1. The van der Waals surface area contributed by atoms with Gasteiger partial charge in [-0.3, -0.25) is 4.79 Å². The van der Waals surface area contributed by atoms with E-state index in [0.717, 1.165) is 17.7 Å². The zero-order valence-electron chi connectivity index (χ0n) is 13.8. The van der Waals surface area contributed by atoms with Crippen LogP contribution in [0.15, 0.2) is 48.5 Å². The van der Waals surface area contributed by atoms with E-state index in [9.17, 15) is 18.4 Å². The molecule has 0 aliphatic carbocycles. The molecule has 1 N–H and O–H groups in total. The summed E-state index contributed by atoms with van der Waals surface area (Å²) in [7, 11) is 1.22. The van der Waals surface area contributed by atoms with Crippen molar-refractivity contribution in [3.05, 3.63) is 71.3 Å². The maximum absolute atomic E-state index is 13.6. The molecule has 0 radical (unpaired) electrons. The number of rotatable bonds is 7. The minimum atomic E-state index is -0.882. The molecule has 132 valence electrons. The van der Waals surface area contributed by atoms with Crippen molar-refractivity contribution in [2.24, 2.45) is 0 Å². The van der Waals surface area contributed by atoms with E-state index in [1.807, 2.05) is 30.3 Å². The minimum Gasteiger partial charge on any atom is -0.467 e. The molecular formula is C19H19F2NO3. The summed E-state index contributed by atoms with van der Waals surface area (Å²) in [5, 5.41) is 2.49. The number of amides is 1. The summed E-state index contributed by atoms with van der Waals surface area (Å²) in [6.07, 6.45) is 0.383. The Hall–Kier alpha value is -2.76. The molecule has 25 heavy (non-hydrogen) atoms. The average molecular weight is 347 g/mol. The third kappa shape index (κ3) is 5.38. The molecule has 0 spiro atoms. The summed E-state index contributed by atoms with van der Waals surface area (Å²) in [5.74, 6) is -2.84. The number of nitrogens with one attached hydrogen (secondary N) is 1. The monoisotopic (exact) mass is 347 g/mol. The molecule has 2 aromatic rings. The van der Waals surface area contributed by atoms with Gasteiger partial charge in [-0.1, -0.05) is 36.4 Å². The molecule has 4 nitrogen and oxygen atoms in total. The second kappa shape index (κ2) is 8.92. The number of carbonyl (C=O) groups is 2. The van der Waals surface area contributed by atoms with E-state index in [-0.39, 0.29) is 5.56 Å². The van der Waals surface area contributed by atoms with Crippen LogP contribution in [-0.4, -0.2) is 25.0 Å².